The van der Waals surface area contributed by atoms with Gasteiger partial charge in [-0.1, -0.05) is 24.2 Å². The van der Waals surface area contributed by atoms with E-state index in [0.717, 1.165) is 12.1 Å². The summed E-state index contributed by atoms with van der Waals surface area (Å²) in [5.41, 5.74) is 2.21. The van der Waals surface area contributed by atoms with Crippen molar-refractivity contribution in [1.29, 1.82) is 0 Å². The zero-order valence-corrected chi connectivity index (χ0v) is 10.4. The zero-order valence-electron chi connectivity index (χ0n) is 9.61. The molecule has 4 nitrogen and oxygen atoms in total. The van der Waals surface area contributed by atoms with Gasteiger partial charge in [0.2, 0.25) is 5.89 Å². The lowest BCUT2D eigenvalue weighted by atomic mass is 10.1. The summed E-state index contributed by atoms with van der Waals surface area (Å²) in [5, 5.41) is 10.9. The standard InChI is InChI=1S/C12H14ClN3O/c1-2-9-4-3-5-10(8-9)14-12-16-15-11(17-12)6-7-13/h3-5,8H,2,6-7H2,1H3,(H,14,16). The minimum Gasteiger partial charge on any atom is -0.408 e. The van der Waals surface area contributed by atoms with Crippen LogP contribution in [0.25, 0.3) is 0 Å². The number of hydrogen-bond donors (Lipinski definition) is 1. The minimum atomic E-state index is 0.401. The number of benzene rings is 1. The second kappa shape index (κ2) is 5.68. The normalized spacial score (nSPS) is 10.5. The van der Waals surface area contributed by atoms with Crippen LogP contribution in [0.2, 0.25) is 0 Å². The van der Waals surface area contributed by atoms with Gasteiger partial charge in [-0.05, 0) is 24.1 Å². The Hall–Kier alpha value is -1.55. The molecule has 0 saturated heterocycles. The van der Waals surface area contributed by atoms with Gasteiger partial charge in [0, 0.05) is 18.0 Å². The topological polar surface area (TPSA) is 51.0 Å². The molecule has 0 aliphatic carbocycles. The Bertz CT molecular complexity index is 484. The molecule has 0 aliphatic rings. The van der Waals surface area contributed by atoms with Crippen molar-refractivity contribution in [2.45, 2.75) is 19.8 Å². The number of nitrogens with one attached hydrogen (secondary N) is 1. The number of anilines is 2. The highest BCUT2D eigenvalue weighted by atomic mass is 35.5. The van der Waals surface area contributed by atoms with Crippen LogP contribution < -0.4 is 5.32 Å². The third kappa shape index (κ3) is 3.20. The fourth-order valence-electron chi connectivity index (χ4n) is 1.48. The molecule has 17 heavy (non-hydrogen) atoms. The molecule has 0 bridgehead atoms. The number of rotatable bonds is 5. The molecule has 1 aromatic heterocycles. The second-order valence-corrected chi connectivity index (χ2v) is 4.00. The molecule has 0 unspecified atom stereocenters. The molecule has 90 valence electrons. The molecule has 0 amide bonds. The van der Waals surface area contributed by atoms with Crippen LogP contribution in [0.1, 0.15) is 18.4 Å². The average Bonchev–Trinajstić information content (AvgIpc) is 2.77. The van der Waals surface area contributed by atoms with Crippen molar-refractivity contribution in [2.24, 2.45) is 0 Å². The number of alkyl halides is 1. The van der Waals surface area contributed by atoms with E-state index in [9.17, 15) is 0 Å². The molecular formula is C12H14ClN3O. The predicted octanol–water partition coefficient (Wildman–Crippen LogP) is 3.16. The maximum Gasteiger partial charge on any atom is 0.320 e. The first-order valence-electron chi connectivity index (χ1n) is 5.56. The molecule has 5 heteroatoms. The molecule has 1 aromatic carbocycles. The number of nitrogens with zero attached hydrogens (tertiary/aromatic N) is 2. The maximum atomic E-state index is 5.60. The summed E-state index contributed by atoms with van der Waals surface area (Å²) in [6.07, 6.45) is 1.59. The van der Waals surface area contributed by atoms with Crippen LogP contribution in [0.4, 0.5) is 11.7 Å². The van der Waals surface area contributed by atoms with Gasteiger partial charge in [0.15, 0.2) is 0 Å². The summed E-state index contributed by atoms with van der Waals surface area (Å²) in [4.78, 5) is 0. The fourth-order valence-corrected chi connectivity index (χ4v) is 1.64. The fraction of sp³-hybridized carbons (Fsp3) is 0.333. The van der Waals surface area contributed by atoms with Crippen LogP contribution >= 0.6 is 11.6 Å². The summed E-state index contributed by atoms with van der Waals surface area (Å²) in [5.74, 6) is 1.03. The summed E-state index contributed by atoms with van der Waals surface area (Å²) in [7, 11) is 0. The highest BCUT2D eigenvalue weighted by Crippen LogP contribution is 2.17. The van der Waals surface area contributed by atoms with E-state index in [-0.39, 0.29) is 0 Å². The number of aromatic nitrogens is 2. The van der Waals surface area contributed by atoms with Gasteiger partial charge in [0.1, 0.15) is 0 Å². The molecule has 0 saturated carbocycles. The second-order valence-electron chi connectivity index (χ2n) is 3.62. The smallest absolute Gasteiger partial charge is 0.320 e. The summed E-state index contributed by atoms with van der Waals surface area (Å²) >= 11 is 5.60. The van der Waals surface area contributed by atoms with E-state index in [1.54, 1.807) is 0 Å². The van der Waals surface area contributed by atoms with Crippen LogP contribution in [0.5, 0.6) is 0 Å². The average molecular weight is 252 g/mol. The summed E-state index contributed by atoms with van der Waals surface area (Å²) in [6, 6.07) is 8.50. The SMILES string of the molecule is CCc1cccc(Nc2nnc(CCCl)o2)c1. The van der Waals surface area contributed by atoms with Crippen molar-refractivity contribution >= 4 is 23.3 Å². The summed E-state index contributed by atoms with van der Waals surface area (Å²) < 4.78 is 5.38. The van der Waals surface area contributed by atoms with E-state index in [2.05, 4.69) is 34.6 Å². The van der Waals surface area contributed by atoms with Crippen LogP contribution in [0.15, 0.2) is 28.7 Å². The van der Waals surface area contributed by atoms with Crippen LogP contribution in [0, 0.1) is 0 Å². The number of halogens is 1. The monoisotopic (exact) mass is 251 g/mol. The molecule has 0 atom stereocenters. The van der Waals surface area contributed by atoms with Crippen molar-refractivity contribution in [1.82, 2.24) is 10.2 Å². The van der Waals surface area contributed by atoms with Gasteiger partial charge in [-0.25, -0.2) is 0 Å². The van der Waals surface area contributed by atoms with E-state index in [4.69, 9.17) is 16.0 Å². The van der Waals surface area contributed by atoms with E-state index in [0.29, 0.717) is 24.2 Å². The van der Waals surface area contributed by atoms with Gasteiger partial charge in [-0.15, -0.1) is 16.7 Å². The molecule has 2 rings (SSSR count). The molecule has 0 radical (unpaired) electrons. The van der Waals surface area contributed by atoms with Crippen LogP contribution in [-0.2, 0) is 12.8 Å². The van der Waals surface area contributed by atoms with Crippen molar-refractivity contribution in [2.75, 3.05) is 11.2 Å². The van der Waals surface area contributed by atoms with Gasteiger partial charge in [-0.3, -0.25) is 0 Å². The first-order valence-corrected chi connectivity index (χ1v) is 6.09. The predicted molar refractivity (Wildman–Crippen MR) is 67.8 cm³/mol. The van der Waals surface area contributed by atoms with E-state index in [1.165, 1.54) is 5.56 Å². The van der Waals surface area contributed by atoms with Gasteiger partial charge >= 0.3 is 6.01 Å². The molecule has 2 aromatic rings. The molecule has 0 fully saturated rings. The number of hydrogen-bond acceptors (Lipinski definition) is 4. The van der Waals surface area contributed by atoms with E-state index >= 15 is 0 Å². The highest BCUT2D eigenvalue weighted by Gasteiger charge is 2.05. The molecule has 1 heterocycles. The van der Waals surface area contributed by atoms with Gasteiger partial charge in [0.05, 0.1) is 0 Å². The van der Waals surface area contributed by atoms with Crippen LogP contribution in [-0.4, -0.2) is 16.1 Å². The Morgan fingerprint density at radius 3 is 3.00 bits per heavy atom. The van der Waals surface area contributed by atoms with Crippen molar-refractivity contribution < 1.29 is 4.42 Å². The van der Waals surface area contributed by atoms with Crippen molar-refractivity contribution in [3.63, 3.8) is 0 Å². The lowest BCUT2D eigenvalue weighted by Gasteiger charge is -2.02. The Labute approximate surface area is 105 Å². The van der Waals surface area contributed by atoms with Crippen LogP contribution in [0.3, 0.4) is 0 Å². The van der Waals surface area contributed by atoms with Gasteiger partial charge in [0.25, 0.3) is 0 Å². The lowest BCUT2D eigenvalue weighted by Crippen LogP contribution is -1.91. The van der Waals surface area contributed by atoms with Gasteiger partial charge in [-0.2, -0.15) is 0 Å². The molecule has 0 spiro atoms. The summed E-state index contributed by atoms with van der Waals surface area (Å²) in [6.45, 7) is 2.12. The third-order valence-electron chi connectivity index (χ3n) is 2.36. The third-order valence-corrected chi connectivity index (χ3v) is 2.55. The van der Waals surface area contributed by atoms with Crippen molar-refractivity contribution in [3.05, 3.63) is 35.7 Å². The van der Waals surface area contributed by atoms with Gasteiger partial charge < -0.3 is 9.73 Å². The largest absolute Gasteiger partial charge is 0.408 e. The zero-order chi connectivity index (χ0) is 12.1. The molecule has 1 N–H and O–H groups in total. The Kier molecular flexibility index (Phi) is 3.98. The highest BCUT2D eigenvalue weighted by molar-refractivity contribution is 6.17. The number of aryl methyl sites for hydroxylation is 2. The van der Waals surface area contributed by atoms with E-state index < -0.39 is 0 Å². The van der Waals surface area contributed by atoms with E-state index in [1.807, 2.05) is 12.1 Å². The minimum absolute atomic E-state index is 0.401. The molecular weight excluding hydrogens is 238 g/mol. The Morgan fingerprint density at radius 1 is 1.35 bits per heavy atom. The lowest BCUT2D eigenvalue weighted by molar-refractivity contribution is 0.516. The quantitative estimate of drug-likeness (QED) is 0.830. The Morgan fingerprint density at radius 2 is 2.24 bits per heavy atom. The first kappa shape index (κ1) is 11.9. The maximum absolute atomic E-state index is 5.60. The Balaban J connectivity index is 2.08. The molecule has 0 aliphatic heterocycles. The van der Waals surface area contributed by atoms with Crippen molar-refractivity contribution in [3.8, 4) is 0 Å². The first-order chi connectivity index (χ1) is 8.31.